The molecule has 1 amide bonds. The molecule has 17 heavy (non-hydrogen) atoms. The molecule has 0 bridgehead atoms. The van der Waals surface area contributed by atoms with Gasteiger partial charge in [0, 0.05) is 12.2 Å². The molecule has 0 radical (unpaired) electrons. The molecule has 1 rings (SSSR count). The fourth-order valence-corrected chi connectivity index (χ4v) is 2.27. The van der Waals surface area contributed by atoms with Crippen LogP contribution in [0.1, 0.15) is 6.92 Å². The van der Waals surface area contributed by atoms with E-state index in [1.165, 1.54) is 0 Å². The van der Waals surface area contributed by atoms with Crippen molar-refractivity contribution in [3.63, 3.8) is 0 Å². The Morgan fingerprint density at radius 2 is 1.94 bits per heavy atom. The van der Waals surface area contributed by atoms with E-state index in [2.05, 4.69) is 5.32 Å². The maximum Gasteiger partial charge on any atom is 0.232 e. The Labute approximate surface area is 99.6 Å². The Morgan fingerprint density at radius 3 is 2.41 bits per heavy atom. The lowest BCUT2D eigenvalue weighted by atomic mass is 10.3. The van der Waals surface area contributed by atoms with Gasteiger partial charge in [0.05, 0.1) is 10.8 Å². The van der Waals surface area contributed by atoms with E-state index in [1.54, 1.807) is 6.92 Å². The van der Waals surface area contributed by atoms with Gasteiger partial charge in [-0.3, -0.25) is 9.00 Å². The van der Waals surface area contributed by atoms with E-state index in [1.807, 2.05) is 0 Å². The number of nitrogens with one attached hydrogen (secondary N) is 1. The van der Waals surface area contributed by atoms with Gasteiger partial charge in [0.1, 0.15) is 22.3 Å². The van der Waals surface area contributed by atoms with Crippen molar-refractivity contribution in [2.75, 3.05) is 18.0 Å². The van der Waals surface area contributed by atoms with Gasteiger partial charge >= 0.3 is 0 Å². The van der Waals surface area contributed by atoms with E-state index < -0.39 is 39.0 Å². The normalized spacial score (nSPS) is 12.2. The molecule has 0 fully saturated rings. The number of nitrogen functional groups attached to an aromatic ring is 1. The Hall–Kier alpha value is -1.50. The second-order valence-corrected chi connectivity index (χ2v) is 4.65. The lowest BCUT2D eigenvalue weighted by molar-refractivity contribution is -0.118. The predicted molar refractivity (Wildman–Crippen MR) is 60.7 cm³/mol. The van der Waals surface area contributed by atoms with Gasteiger partial charge in [-0.2, -0.15) is 0 Å². The van der Waals surface area contributed by atoms with E-state index in [0.717, 1.165) is 12.1 Å². The first-order valence-electron chi connectivity index (χ1n) is 4.85. The van der Waals surface area contributed by atoms with Crippen molar-refractivity contribution >= 4 is 22.4 Å². The number of amides is 1. The summed E-state index contributed by atoms with van der Waals surface area (Å²) in [6.45, 7) is 2.05. The van der Waals surface area contributed by atoms with Crippen LogP contribution in [0.4, 0.5) is 14.5 Å². The van der Waals surface area contributed by atoms with Crippen LogP contribution in [-0.4, -0.2) is 22.4 Å². The molecule has 0 aromatic heterocycles. The van der Waals surface area contributed by atoms with Gasteiger partial charge in [-0.25, -0.2) is 8.78 Å². The molecule has 0 aliphatic carbocycles. The summed E-state index contributed by atoms with van der Waals surface area (Å²) in [5, 5.41) is 2.39. The van der Waals surface area contributed by atoms with Crippen LogP contribution < -0.4 is 11.1 Å². The molecule has 1 atom stereocenters. The average Bonchev–Trinajstić information content (AvgIpc) is 2.15. The molecule has 94 valence electrons. The first kappa shape index (κ1) is 13.6. The number of hydrogen-bond donors (Lipinski definition) is 2. The third-order valence-electron chi connectivity index (χ3n) is 1.88. The zero-order chi connectivity index (χ0) is 13.0. The monoisotopic (exact) mass is 262 g/mol. The highest BCUT2D eigenvalue weighted by molar-refractivity contribution is 7.85. The number of carbonyl (C=O) groups excluding carboxylic acids is 1. The standard InChI is InChI=1S/C10H12F2N2O2S/c1-2-14-9(15)5-17(16)10-7(11)3-6(13)4-8(10)12/h3-4H,2,5,13H2,1H3,(H,14,15). The van der Waals surface area contributed by atoms with Gasteiger partial charge in [-0.05, 0) is 19.1 Å². The topological polar surface area (TPSA) is 72.2 Å². The first-order chi connectivity index (χ1) is 7.95. The van der Waals surface area contributed by atoms with E-state index in [9.17, 15) is 17.8 Å². The Balaban J connectivity index is 2.93. The highest BCUT2D eigenvalue weighted by Gasteiger charge is 2.19. The quantitative estimate of drug-likeness (QED) is 0.788. The summed E-state index contributed by atoms with van der Waals surface area (Å²) in [4.78, 5) is 10.5. The minimum atomic E-state index is -2.06. The molecule has 4 nitrogen and oxygen atoms in total. The van der Waals surface area contributed by atoms with Crippen LogP contribution >= 0.6 is 0 Å². The summed E-state index contributed by atoms with van der Waals surface area (Å²) in [6.07, 6.45) is 0. The predicted octanol–water partition coefficient (Wildman–Crippen LogP) is 0.791. The van der Waals surface area contributed by atoms with Gasteiger partial charge in [-0.1, -0.05) is 0 Å². The molecule has 1 aromatic rings. The summed E-state index contributed by atoms with van der Waals surface area (Å²) < 4.78 is 38.3. The number of halogens is 2. The zero-order valence-corrected chi connectivity index (χ0v) is 9.94. The summed E-state index contributed by atoms with van der Waals surface area (Å²) in [6, 6.07) is 1.74. The third-order valence-corrected chi connectivity index (χ3v) is 3.25. The van der Waals surface area contributed by atoms with Crippen LogP contribution in [0.2, 0.25) is 0 Å². The van der Waals surface area contributed by atoms with Gasteiger partial charge in [0.2, 0.25) is 5.91 Å². The Kier molecular flexibility index (Phi) is 4.56. The second-order valence-electron chi connectivity index (χ2n) is 3.26. The van der Waals surface area contributed by atoms with Crippen LogP contribution in [0.3, 0.4) is 0 Å². The molecule has 0 aliphatic heterocycles. The number of anilines is 1. The lowest BCUT2D eigenvalue weighted by Gasteiger charge is -2.06. The van der Waals surface area contributed by atoms with Gasteiger partial charge in [0.25, 0.3) is 0 Å². The maximum atomic E-state index is 13.4. The Morgan fingerprint density at radius 1 is 1.41 bits per heavy atom. The molecular weight excluding hydrogens is 250 g/mol. The molecule has 0 aliphatic rings. The van der Waals surface area contributed by atoms with Crippen molar-refractivity contribution in [2.24, 2.45) is 0 Å². The molecule has 1 unspecified atom stereocenters. The van der Waals surface area contributed by atoms with Gasteiger partial charge < -0.3 is 11.1 Å². The van der Waals surface area contributed by atoms with E-state index in [0.29, 0.717) is 6.54 Å². The minimum Gasteiger partial charge on any atom is -0.399 e. The van der Waals surface area contributed by atoms with E-state index in [-0.39, 0.29) is 5.69 Å². The average molecular weight is 262 g/mol. The van der Waals surface area contributed by atoms with Crippen LogP contribution in [0.25, 0.3) is 0 Å². The molecule has 7 heteroatoms. The number of rotatable bonds is 4. The summed E-state index contributed by atoms with van der Waals surface area (Å²) >= 11 is 0. The van der Waals surface area contributed by atoms with Crippen molar-refractivity contribution in [2.45, 2.75) is 11.8 Å². The van der Waals surface area contributed by atoms with Crippen LogP contribution in [0.5, 0.6) is 0 Å². The summed E-state index contributed by atoms with van der Waals surface area (Å²) in [5.41, 5.74) is 5.12. The molecule has 1 aromatic carbocycles. The second kappa shape index (κ2) is 5.72. The van der Waals surface area contributed by atoms with Crippen molar-refractivity contribution in [3.05, 3.63) is 23.8 Å². The third kappa shape index (κ3) is 3.48. The number of carbonyl (C=O) groups is 1. The van der Waals surface area contributed by atoms with Crippen molar-refractivity contribution in [1.82, 2.24) is 5.32 Å². The fraction of sp³-hybridized carbons (Fsp3) is 0.300. The van der Waals surface area contributed by atoms with Crippen LogP contribution in [0, 0.1) is 11.6 Å². The van der Waals surface area contributed by atoms with Crippen molar-refractivity contribution in [1.29, 1.82) is 0 Å². The first-order valence-corrected chi connectivity index (χ1v) is 6.17. The number of benzene rings is 1. The lowest BCUT2D eigenvalue weighted by Crippen LogP contribution is -2.28. The Bertz CT molecular complexity index is 443. The number of nitrogens with two attached hydrogens (primary N) is 1. The molecule has 0 heterocycles. The SMILES string of the molecule is CCNC(=O)CS(=O)c1c(F)cc(N)cc1F. The van der Waals surface area contributed by atoms with Crippen molar-refractivity contribution < 1.29 is 17.8 Å². The molecule has 3 N–H and O–H groups in total. The molecule has 0 saturated carbocycles. The van der Waals surface area contributed by atoms with Crippen molar-refractivity contribution in [3.8, 4) is 0 Å². The number of hydrogen-bond acceptors (Lipinski definition) is 3. The zero-order valence-electron chi connectivity index (χ0n) is 9.13. The van der Waals surface area contributed by atoms with E-state index >= 15 is 0 Å². The fourth-order valence-electron chi connectivity index (χ4n) is 1.24. The minimum absolute atomic E-state index is 0.0984. The van der Waals surface area contributed by atoms with E-state index in [4.69, 9.17) is 5.73 Å². The molecule has 0 saturated heterocycles. The molecule has 0 spiro atoms. The highest BCUT2D eigenvalue weighted by atomic mass is 32.2. The van der Waals surface area contributed by atoms with Gasteiger partial charge in [0.15, 0.2) is 0 Å². The van der Waals surface area contributed by atoms with Gasteiger partial charge in [-0.15, -0.1) is 0 Å². The summed E-state index contributed by atoms with van der Waals surface area (Å²) in [5.74, 6) is -3.03. The molecular formula is C10H12F2N2O2S. The van der Waals surface area contributed by atoms with Crippen LogP contribution in [0.15, 0.2) is 17.0 Å². The maximum absolute atomic E-state index is 13.4. The smallest absolute Gasteiger partial charge is 0.232 e. The largest absolute Gasteiger partial charge is 0.399 e. The highest BCUT2D eigenvalue weighted by Crippen LogP contribution is 2.20. The van der Waals surface area contributed by atoms with Crippen LogP contribution in [-0.2, 0) is 15.6 Å². The summed E-state index contributed by atoms with van der Waals surface area (Å²) in [7, 11) is -2.06.